The maximum Gasteiger partial charge on any atom is 0.310 e. The first kappa shape index (κ1) is 17.6. The lowest BCUT2D eigenvalue weighted by Gasteiger charge is -2.25. The third kappa shape index (κ3) is 4.77. The lowest BCUT2D eigenvalue weighted by molar-refractivity contribution is -0.151. The third-order valence-corrected chi connectivity index (χ3v) is 4.46. The van der Waals surface area contributed by atoms with Gasteiger partial charge in [-0.25, -0.2) is 0 Å². The molecule has 1 amide bonds. The first-order valence-electron chi connectivity index (χ1n) is 7.18. The van der Waals surface area contributed by atoms with E-state index in [0.29, 0.717) is 23.9 Å². The van der Waals surface area contributed by atoms with Gasteiger partial charge in [0, 0.05) is 12.8 Å². The molecule has 0 spiro atoms. The topological polar surface area (TPSA) is 92.2 Å². The standard InChI is InChI=1S/C14H23N3O3S/c1-5-14(6-2,12(19)20)8-10(18)15-13-17-16-11(21-13)7-9(3)4/h9H,5-8H2,1-4H3,(H,19,20)(H,15,17,18). The van der Waals surface area contributed by atoms with Crippen LogP contribution in [0.2, 0.25) is 0 Å². The number of carbonyl (C=O) groups is 2. The minimum atomic E-state index is -1.00. The molecule has 0 aliphatic heterocycles. The van der Waals surface area contributed by atoms with Crippen molar-refractivity contribution < 1.29 is 14.7 Å². The summed E-state index contributed by atoms with van der Waals surface area (Å²) >= 11 is 1.34. The molecule has 2 N–H and O–H groups in total. The molecule has 0 saturated carbocycles. The molecular weight excluding hydrogens is 290 g/mol. The number of hydrogen-bond acceptors (Lipinski definition) is 5. The number of aliphatic carboxylic acids is 1. The Morgan fingerprint density at radius 2 is 1.90 bits per heavy atom. The molecule has 1 heterocycles. The van der Waals surface area contributed by atoms with Gasteiger partial charge in [-0.2, -0.15) is 0 Å². The zero-order valence-corrected chi connectivity index (χ0v) is 13.8. The fourth-order valence-corrected chi connectivity index (χ4v) is 3.05. The Balaban J connectivity index is 2.68. The highest BCUT2D eigenvalue weighted by Crippen LogP contribution is 2.31. The summed E-state index contributed by atoms with van der Waals surface area (Å²) in [4.78, 5) is 23.4. The van der Waals surface area contributed by atoms with Crippen molar-refractivity contribution >= 4 is 28.3 Å². The van der Waals surface area contributed by atoms with Crippen LogP contribution in [0.4, 0.5) is 5.13 Å². The van der Waals surface area contributed by atoms with E-state index >= 15 is 0 Å². The number of amides is 1. The molecule has 0 saturated heterocycles. The van der Waals surface area contributed by atoms with E-state index in [1.165, 1.54) is 11.3 Å². The number of aromatic nitrogens is 2. The normalized spacial score (nSPS) is 11.7. The molecule has 0 aliphatic rings. The van der Waals surface area contributed by atoms with Crippen LogP contribution in [-0.2, 0) is 16.0 Å². The molecule has 1 aromatic rings. The maximum atomic E-state index is 12.0. The molecule has 6 nitrogen and oxygen atoms in total. The molecule has 0 bridgehead atoms. The average Bonchev–Trinajstić information content (AvgIpc) is 2.81. The van der Waals surface area contributed by atoms with Crippen LogP contribution < -0.4 is 5.32 Å². The summed E-state index contributed by atoms with van der Waals surface area (Å²) in [5.41, 5.74) is -1.00. The van der Waals surface area contributed by atoms with Crippen molar-refractivity contribution in [3.8, 4) is 0 Å². The van der Waals surface area contributed by atoms with Gasteiger partial charge in [-0.05, 0) is 18.8 Å². The zero-order chi connectivity index (χ0) is 16.0. The predicted octanol–water partition coefficient (Wildman–Crippen LogP) is 2.96. The molecule has 118 valence electrons. The van der Waals surface area contributed by atoms with Crippen molar-refractivity contribution in [3.05, 3.63) is 5.01 Å². The first-order chi connectivity index (χ1) is 9.82. The van der Waals surface area contributed by atoms with Crippen molar-refractivity contribution in [2.75, 3.05) is 5.32 Å². The summed E-state index contributed by atoms with van der Waals surface area (Å²) in [6.07, 6.45) is 1.60. The molecule has 0 radical (unpaired) electrons. The van der Waals surface area contributed by atoms with E-state index < -0.39 is 11.4 Å². The second kappa shape index (κ2) is 7.49. The highest BCUT2D eigenvalue weighted by atomic mass is 32.1. The van der Waals surface area contributed by atoms with Gasteiger partial charge in [0.2, 0.25) is 11.0 Å². The molecule has 0 fully saturated rings. The van der Waals surface area contributed by atoms with Gasteiger partial charge in [0.25, 0.3) is 0 Å². The van der Waals surface area contributed by atoms with Crippen LogP contribution in [0.15, 0.2) is 0 Å². The lowest BCUT2D eigenvalue weighted by Crippen LogP contribution is -2.34. The summed E-state index contributed by atoms with van der Waals surface area (Å²) < 4.78 is 0. The van der Waals surface area contributed by atoms with Gasteiger partial charge >= 0.3 is 5.97 Å². The van der Waals surface area contributed by atoms with Gasteiger partial charge in [0.1, 0.15) is 5.01 Å². The van der Waals surface area contributed by atoms with E-state index in [4.69, 9.17) is 0 Å². The Morgan fingerprint density at radius 1 is 1.29 bits per heavy atom. The second-order valence-corrected chi connectivity index (χ2v) is 6.68. The second-order valence-electron chi connectivity index (χ2n) is 5.62. The number of nitrogens with zero attached hydrogens (tertiary/aromatic N) is 2. The molecule has 1 aromatic heterocycles. The van der Waals surface area contributed by atoms with Crippen LogP contribution >= 0.6 is 11.3 Å². The SMILES string of the molecule is CCC(CC)(CC(=O)Nc1nnc(CC(C)C)s1)C(=O)O. The summed E-state index contributed by atoms with van der Waals surface area (Å²) in [6.45, 7) is 7.75. The highest BCUT2D eigenvalue weighted by molar-refractivity contribution is 7.15. The Bertz CT molecular complexity index is 495. The lowest BCUT2D eigenvalue weighted by atomic mass is 9.79. The summed E-state index contributed by atoms with van der Waals surface area (Å²) in [7, 11) is 0. The molecular formula is C14H23N3O3S. The molecule has 1 rings (SSSR count). The van der Waals surface area contributed by atoms with Crippen molar-refractivity contribution in [2.45, 2.75) is 53.4 Å². The fraction of sp³-hybridized carbons (Fsp3) is 0.714. The van der Waals surface area contributed by atoms with E-state index in [-0.39, 0.29) is 12.3 Å². The van der Waals surface area contributed by atoms with Gasteiger partial charge in [-0.3, -0.25) is 9.59 Å². The Hall–Kier alpha value is -1.50. The first-order valence-corrected chi connectivity index (χ1v) is 8.00. The molecule has 0 aliphatic carbocycles. The number of hydrogen-bond donors (Lipinski definition) is 2. The van der Waals surface area contributed by atoms with E-state index in [0.717, 1.165) is 11.4 Å². The summed E-state index contributed by atoms with van der Waals surface area (Å²) in [5.74, 6) is -0.782. The van der Waals surface area contributed by atoms with Crippen molar-refractivity contribution in [3.63, 3.8) is 0 Å². The predicted molar refractivity (Wildman–Crippen MR) is 82.3 cm³/mol. The third-order valence-electron chi connectivity index (χ3n) is 3.60. The quantitative estimate of drug-likeness (QED) is 0.769. The molecule has 7 heteroatoms. The van der Waals surface area contributed by atoms with Gasteiger partial charge in [0.05, 0.1) is 5.41 Å². The van der Waals surface area contributed by atoms with Crippen LogP contribution in [0.5, 0.6) is 0 Å². The molecule has 0 atom stereocenters. The zero-order valence-electron chi connectivity index (χ0n) is 13.0. The molecule has 21 heavy (non-hydrogen) atoms. The molecule has 0 aromatic carbocycles. The van der Waals surface area contributed by atoms with Crippen LogP contribution in [0.1, 0.15) is 52.0 Å². The monoisotopic (exact) mass is 313 g/mol. The van der Waals surface area contributed by atoms with Crippen molar-refractivity contribution in [1.29, 1.82) is 0 Å². The molecule has 0 unspecified atom stereocenters. The van der Waals surface area contributed by atoms with E-state index in [9.17, 15) is 14.7 Å². The minimum absolute atomic E-state index is 0.0472. The Kier molecular flexibility index (Phi) is 6.26. The van der Waals surface area contributed by atoms with Gasteiger partial charge < -0.3 is 10.4 Å². The van der Waals surface area contributed by atoms with Crippen molar-refractivity contribution in [2.24, 2.45) is 11.3 Å². The number of rotatable bonds is 8. The summed E-state index contributed by atoms with van der Waals surface area (Å²) in [6, 6.07) is 0. The number of anilines is 1. The van der Waals surface area contributed by atoms with E-state index in [2.05, 4.69) is 29.4 Å². The Morgan fingerprint density at radius 3 is 2.38 bits per heavy atom. The van der Waals surface area contributed by atoms with Crippen LogP contribution in [0, 0.1) is 11.3 Å². The van der Waals surface area contributed by atoms with Gasteiger partial charge in [-0.15, -0.1) is 10.2 Å². The Labute approximate surface area is 129 Å². The minimum Gasteiger partial charge on any atom is -0.481 e. The maximum absolute atomic E-state index is 12.0. The fourth-order valence-electron chi connectivity index (χ4n) is 2.08. The smallest absolute Gasteiger partial charge is 0.310 e. The van der Waals surface area contributed by atoms with Crippen LogP contribution in [-0.4, -0.2) is 27.2 Å². The van der Waals surface area contributed by atoms with Crippen LogP contribution in [0.25, 0.3) is 0 Å². The number of carbonyl (C=O) groups excluding carboxylic acids is 1. The highest BCUT2D eigenvalue weighted by Gasteiger charge is 2.37. The summed E-state index contributed by atoms with van der Waals surface area (Å²) in [5, 5.41) is 21.2. The van der Waals surface area contributed by atoms with Gasteiger partial charge in [-0.1, -0.05) is 39.0 Å². The van der Waals surface area contributed by atoms with Crippen LogP contribution in [0.3, 0.4) is 0 Å². The number of carboxylic acid groups (broad SMARTS) is 1. The van der Waals surface area contributed by atoms with Crippen molar-refractivity contribution in [1.82, 2.24) is 10.2 Å². The van der Waals surface area contributed by atoms with Gasteiger partial charge in [0.15, 0.2) is 0 Å². The number of carboxylic acids is 1. The van der Waals surface area contributed by atoms with E-state index in [1.807, 2.05) is 0 Å². The largest absolute Gasteiger partial charge is 0.481 e. The number of nitrogens with one attached hydrogen (secondary N) is 1. The van der Waals surface area contributed by atoms with E-state index in [1.54, 1.807) is 13.8 Å². The average molecular weight is 313 g/mol.